The second kappa shape index (κ2) is 7.79. The van der Waals surface area contributed by atoms with E-state index in [1.165, 1.54) is 0 Å². The van der Waals surface area contributed by atoms with Gasteiger partial charge >= 0.3 is 0 Å². The molecule has 1 atom stereocenters. The van der Waals surface area contributed by atoms with Crippen molar-refractivity contribution in [3.8, 4) is 5.75 Å². The third kappa shape index (κ3) is 4.11. The minimum Gasteiger partial charge on any atom is -0.496 e. The van der Waals surface area contributed by atoms with Crippen LogP contribution >= 0.6 is 0 Å². The standard InChI is InChI=1S/C19H23NO3/c1-13(2)18(14-7-5-4-6-8-14)19(22)20-16-9-10-17(23-3)15(11-16)12-21/h4-11,13,18,21H,12H2,1-3H3,(H,20,22). The third-order valence-electron chi connectivity index (χ3n) is 3.83. The molecule has 2 aromatic carbocycles. The highest BCUT2D eigenvalue weighted by atomic mass is 16.5. The summed E-state index contributed by atoms with van der Waals surface area (Å²) in [5.41, 5.74) is 2.29. The predicted octanol–water partition coefficient (Wildman–Crippen LogP) is 3.57. The number of amides is 1. The van der Waals surface area contributed by atoms with Crippen molar-refractivity contribution < 1.29 is 14.6 Å². The van der Waals surface area contributed by atoms with Gasteiger partial charge in [-0.25, -0.2) is 0 Å². The molecule has 0 spiro atoms. The Hall–Kier alpha value is -2.33. The number of methoxy groups -OCH3 is 1. The first-order valence-corrected chi connectivity index (χ1v) is 7.70. The second-order valence-electron chi connectivity index (χ2n) is 5.81. The van der Waals surface area contributed by atoms with Crippen LogP contribution in [0.4, 0.5) is 5.69 Å². The topological polar surface area (TPSA) is 58.6 Å². The van der Waals surface area contributed by atoms with Gasteiger partial charge in [0.15, 0.2) is 0 Å². The van der Waals surface area contributed by atoms with E-state index >= 15 is 0 Å². The van der Waals surface area contributed by atoms with Crippen LogP contribution in [0.3, 0.4) is 0 Å². The number of carbonyl (C=O) groups is 1. The van der Waals surface area contributed by atoms with Gasteiger partial charge in [-0.05, 0) is 29.7 Å². The summed E-state index contributed by atoms with van der Waals surface area (Å²) >= 11 is 0. The van der Waals surface area contributed by atoms with Gasteiger partial charge in [-0.1, -0.05) is 44.2 Å². The lowest BCUT2D eigenvalue weighted by Gasteiger charge is -2.21. The van der Waals surface area contributed by atoms with Crippen LogP contribution in [0.15, 0.2) is 48.5 Å². The lowest BCUT2D eigenvalue weighted by molar-refractivity contribution is -0.118. The summed E-state index contributed by atoms with van der Waals surface area (Å²) in [6.07, 6.45) is 0. The molecule has 0 bridgehead atoms. The van der Waals surface area contributed by atoms with Crippen LogP contribution in [0.5, 0.6) is 5.75 Å². The number of rotatable bonds is 6. The minimum absolute atomic E-state index is 0.0553. The molecule has 0 radical (unpaired) electrons. The number of hydrogen-bond acceptors (Lipinski definition) is 3. The number of hydrogen-bond donors (Lipinski definition) is 2. The summed E-state index contributed by atoms with van der Waals surface area (Å²) in [5, 5.41) is 12.3. The number of aliphatic hydroxyl groups is 1. The number of nitrogens with one attached hydrogen (secondary N) is 1. The fraction of sp³-hybridized carbons (Fsp3) is 0.316. The van der Waals surface area contributed by atoms with E-state index in [9.17, 15) is 9.90 Å². The average molecular weight is 313 g/mol. The first-order valence-electron chi connectivity index (χ1n) is 7.70. The fourth-order valence-electron chi connectivity index (χ4n) is 2.70. The highest BCUT2D eigenvalue weighted by Gasteiger charge is 2.24. The van der Waals surface area contributed by atoms with Crippen molar-refractivity contribution >= 4 is 11.6 Å². The van der Waals surface area contributed by atoms with Crippen LogP contribution in [0.2, 0.25) is 0 Å². The number of carbonyl (C=O) groups excluding carboxylic acids is 1. The Morgan fingerprint density at radius 2 is 1.87 bits per heavy atom. The Bertz CT molecular complexity index is 653. The first-order chi connectivity index (χ1) is 11.1. The Labute approximate surface area is 137 Å². The zero-order chi connectivity index (χ0) is 16.8. The van der Waals surface area contributed by atoms with Crippen molar-refractivity contribution in [2.75, 3.05) is 12.4 Å². The maximum Gasteiger partial charge on any atom is 0.232 e. The molecule has 0 aliphatic rings. The molecule has 0 aromatic heterocycles. The molecule has 122 valence electrons. The molecule has 4 nitrogen and oxygen atoms in total. The fourth-order valence-corrected chi connectivity index (χ4v) is 2.70. The maximum atomic E-state index is 12.7. The van der Waals surface area contributed by atoms with Gasteiger partial charge in [-0.3, -0.25) is 4.79 Å². The van der Waals surface area contributed by atoms with Crippen molar-refractivity contribution in [1.29, 1.82) is 0 Å². The Morgan fingerprint density at radius 1 is 1.17 bits per heavy atom. The molecular weight excluding hydrogens is 290 g/mol. The van der Waals surface area contributed by atoms with Gasteiger partial charge in [-0.15, -0.1) is 0 Å². The third-order valence-corrected chi connectivity index (χ3v) is 3.83. The highest BCUT2D eigenvalue weighted by Crippen LogP contribution is 2.27. The van der Waals surface area contributed by atoms with E-state index in [1.54, 1.807) is 25.3 Å². The Kier molecular flexibility index (Phi) is 5.77. The Morgan fingerprint density at radius 3 is 2.43 bits per heavy atom. The number of aliphatic hydroxyl groups excluding tert-OH is 1. The van der Waals surface area contributed by atoms with E-state index in [-0.39, 0.29) is 24.3 Å². The molecule has 2 aromatic rings. The van der Waals surface area contributed by atoms with Gasteiger partial charge in [0.25, 0.3) is 0 Å². The molecule has 0 aliphatic heterocycles. The first kappa shape index (κ1) is 17.0. The van der Waals surface area contributed by atoms with E-state index in [0.717, 1.165) is 5.56 Å². The van der Waals surface area contributed by atoms with Crippen LogP contribution < -0.4 is 10.1 Å². The van der Waals surface area contributed by atoms with Crippen LogP contribution in [0.1, 0.15) is 30.9 Å². The van der Waals surface area contributed by atoms with Crippen molar-refractivity contribution in [3.63, 3.8) is 0 Å². The number of anilines is 1. The smallest absolute Gasteiger partial charge is 0.232 e. The molecule has 0 saturated carbocycles. The normalized spacial score (nSPS) is 12.0. The highest BCUT2D eigenvalue weighted by molar-refractivity contribution is 5.96. The molecule has 1 amide bonds. The molecule has 2 N–H and O–H groups in total. The SMILES string of the molecule is COc1ccc(NC(=O)C(c2ccccc2)C(C)C)cc1CO. The average Bonchev–Trinajstić information content (AvgIpc) is 2.55. The van der Waals surface area contributed by atoms with Crippen molar-refractivity contribution in [2.24, 2.45) is 5.92 Å². The predicted molar refractivity (Wildman–Crippen MR) is 91.6 cm³/mol. The van der Waals surface area contributed by atoms with Crippen molar-refractivity contribution in [1.82, 2.24) is 0 Å². The molecule has 0 aliphatic carbocycles. The van der Waals surface area contributed by atoms with Gasteiger partial charge in [0.05, 0.1) is 19.6 Å². The zero-order valence-electron chi connectivity index (χ0n) is 13.7. The van der Waals surface area contributed by atoms with Gasteiger partial charge in [0, 0.05) is 11.3 Å². The lowest BCUT2D eigenvalue weighted by Crippen LogP contribution is -2.25. The summed E-state index contributed by atoms with van der Waals surface area (Å²) in [6, 6.07) is 15.0. The summed E-state index contributed by atoms with van der Waals surface area (Å²) in [5.74, 6) is 0.498. The van der Waals surface area contributed by atoms with E-state index < -0.39 is 0 Å². The van der Waals surface area contributed by atoms with Gasteiger partial charge in [0.2, 0.25) is 5.91 Å². The van der Waals surface area contributed by atoms with E-state index in [0.29, 0.717) is 17.0 Å². The van der Waals surface area contributed by atoms with E-state index in [2.05, 4.69) is 5.32 Å². The number of benzene rings is 2. The van der Waals surface area contributed by atoms with Crippen LogP contribution in [-0.2, 0) is 11.4 Å². The largest absolute Gasteiger partial charge is 0.496 e. The summed E-state index contributed by atoms with van der Waals surface area (Å²) in [4.78, 5) is 12.7. The van der Waals surface area contributed by atoms with E-state index in [4.69, 9.17) is 4.74 Å². The zero-order valence-corrected chi connectivity index (χ0v) is 13.7. The summed E-state index contributed by atoms with van der Waals surface area (Å²) in [6.45, 7) is 3.92. The van der Waals surface area contributed by atoms with Crippen molar-refractivity contribution in [2.45, 2.75) is 26.4 Å². The van der Waals surface area contributed by atoms with E-state index in [1.807, 2.05) is 44.2 Å². The monoisotopic (exact) mass is 313 g/mol. The molecule has 0 heterocycles. The molecule has 4 heteroatoms. The van der Waals surface area contributed by atoms with Gasteiger partial charge in [0.1, 0.15) is 5.75 Å². The van der Waals surface area contributed by atoms with Crippen molar-refractivity contribution in [3.05, 3.63) is 59.7 Å². The molecular formula is C19H23NO3. The molecule has 23 heavy (non-hydrogen) atoms. The van der Waals surface area contributed by atoms with Crippen LogP contribution in [0, 0.1) is 5.92 Å². The number of ether oxygens (including phenoxy) is 1. The quantitative estimate of drug-likeness (QED) is 0.857. The molecule has 1 unspecified atom stereocenters. The second-order valence-corrected chi connectivity index (χ2v) is 5.81. The van der Waals surface area contributed by atoms with Crippen LogP contribution in [-0.4, -0.2) is 18.1 Å². The summed E-state index contributed by atoms with van der Waals surface area (Å²) < 4.78 is 5.18. The molecule has 0 saturated heterocycles. The van der Waals surface area contributed by atoms with Crippen LogP contribution in [0.25, 0.3) is 0 Å². The lowest BCUT2D eigenvalue weighted by atomic mass is 9.87. The molecule has 0 fully saturated rings. The maximum absolute atomic E-state index is 12.7. The minimum atomic E-state index is -0.226. The van der Waals surface area contributed by atoms with Gasteiger partial charge < -0.3 is 15.2 Å². The molecule has 2 rings (SSSR count). The van der Waals surface area contributed by atoms with Gasteiger partial charge in [-0.2, -0.15) is 0 Å². The summed E-state index contributed by atoms with van der Waals surface area (Å²) in [7, 11) is 1.55. The Balaban J connectivity index is 2.22.